The van der Waals surface area contributed by atoms with Gasteiger partial charge < -0.3 is 14.8 Å². The largest absolute Gasteiger partial charge is 0.356 e. The number of H-pyrrole nitrogens is 1. The highest BCUT2D eigenvalue weighted by Crippen LogP contribution is 2.39. The van der Waals surface area contributed by atoms with Crippen LogP contribution in [0.5, 0.6) is 0 Å². The molecule has 0 amide bonds. The second-order valence-electron chi connectivity index (χ2n) is 8.05. The molecular formula is C26H18ClF2N2O3P. The van der Waals surface area contributed by atoms with Crippen molar-refractivity contribution in [3.8, 4) is 22.3 Å². The second-order valence-corrected chi connectivity index (χ2v) is 10.1. The minimum Gasteiger partial charge on any atom is -0.337 e. The minimum atomic E-state index is -4.69. The predicted molar refractivity (Wildman–Crippen MR) is 133 cm³/mol. The minimum absolute atomic E-state index is 0.289. The van der Waals surface area contributed by atoms with Crippen LogP contribution in [0.1, 0.15) is 11.4 Å². The van der Waals surface area contributed by atoms with Crippen molar-refractivity contribution in [1.82, 2.24) is 9.97 Å². The first-order valence-electron chi connectivity index (χ1n) is 10.5. The fraction of sp³-hybridized carbons (Fsp3) is 0.0385. The molecule has 0 bridgehead atoms. The van der Waals surface area contributed by atoms with E-state index in [1.54, 1.807) is 6.07 Å². The molecule has 1 aromatic heterocycles. The molecule has 5 aromatic rings. The third-order valence-corrected chi connectivity index (χ3v) is 6.98. The van der Waals surface area contributed by atoms with E-state index >= 15 is 8.78 Å². The van der Waals surface area contributed by atoms with Crippen LogP contribution in [0.3, 0.4) is 0 Å². The number of nitrogens with zero attached hydrogens (tertiary/aromatic N) is 1. The Morgan fingerprint density at radius 1 is 0.829 bits per heavy atom. The maximum absolute atomic E-state index is 15.2. The van der Waals surface area contributed by atoms with E-state index in [-0.39, 0.29) is 5.52 Å². The SMILES string of the molecule is O=P(O)(O)c1cccc(C(F)(F)c2nc3cc(-c4ccc(-c5ccccc5)cc4)c(Cl)cc3[nH]2)c1. The monoisotopic (exact) mass is 510 g/mol. The molecule has 0 aliphatic heterocycles. The summed E-state index contributed by atoms with van der Waals surface area (Å²) < 4.78 is 42.0. The molecule has 0 aliphatic rings. The summed E-state index contributed by atoms with van der Waals surface area (Å²) in [5.41, 5.74) is 3.58. The quantitative estimate of drug-likeness (QED) is 0.236. The van der Waals surface area contributed by atoms with Crippen molar-refractivity contribution in [2.45, 2.75) is 5.92 Å². The van der Waals surface area contributed by atoms with E-state index in [1.165, 1.54) is 12.1 Å². The highest BCUT2D eigenvalue weighted by Gasteiger charge is 2.38. The molecule has 0 atom stereocenters. The van der Waals surface area contributed by atoms with Crippen LogP contribution in [0.2, 0.25) is 5.02 Å². The zero-order valence-corrected chi connectivity index (χ0v) is 19.6. The van der Waals surface area contributed by atoms with E-state index in [0.717, 1.165) is 34.9 Å². The second kappa shape index (κ2) is 8.70. The van der Waals surface area contributed by atoms with Crippen molar-refractivity contribution in [1.29, 1.82) is 0 Å². The first-order chi connectivity index (χ1) is 16.6. The van der Waals surface area contributed by atoms with Gasteiger partial charge in [0.15, 0.2) is 5.82 Å². The molecule has 0 saturated carbocycles. The fourth-order valence-corrected chi connectivity index (χ4v) is 4.75. The molecule has 4 aromatic carbocycles. The number of aromatic nitrogens is 2. The standard InChI is InChI=1S/C26H18ClF2N2O3P/c27-22-15-24-23(14-21(22)18-11-9-17(10-12-18)16-5-2-1-3-6-16)30-25(31-24)26(28,29)19-7-4-8-20(13-19)35(32,33)34/h1-15H,(H,30,31)(H2,32,33,34). The lowest BCUT2D eigenvalue weighted by Crippen LogP contribution is -2.19. The van der Waals surface area contributed by atoms with E-state index in [2.05, 4.69) is 9.97 Å². The van der Waals surface area contributed by atoms with Crippen LogP contribution in [0.4, 0.5) is 8.78 Å². The zero-order valence-electron chi connectivity index (χ0n) is 18.0. The zero-order chi connectivity index (χ0) is 24.8. The lowest BCUT2D eigenvalue weighted by Gasteiger charge is -2.15. The highest BCUT2D eigenvalue weighted by atomic mass is 35.5. The van der Waals surface area contributed by atoms with Gasteiger partial charge in [-0.25, -0.2) is 4.98 Å². The lowest BCUT2D eigenvalue weighted by atomic mass is 10.00. The lowest BCUT2D eigenvalue weighted by molar-refractivity contribution is 0.0341. The molecule has 0 unspecified atom stereocenters. The summed E-state index contributed by atoms with van der Waals surface area (Å²) in [5, 5.41) is -0.123. The molecule has 176 valence electrons. The van der Waals surface area contributed by atoms with Gasteiger partial charge in [0.25, 0.3) is 0 Å². The molecule has 0 aliphatic carbocycles. The van der Waals surface area contributed by atoms with Gasteiger partial charge in [0.05, 0.1) is 21.4 Å². The molecule has 9 heteroatoms. The summed E-state index contributed by atoms with van der Waals surface area (Å²) in [7, 11) is -4.69. The number of rotatable bonds is 5. The number of alkyl halides is 2. The number of benzene rings is 4. The van der Waals surface area contributed by atoms with Crippen LogP contribution >= 0.6 is 19.2 Å². The van der Waals surface area contributed by atoms with Crippen molar-refractivity contribution < 1.29 is 23.1 Å². The molecule has 5 rings (SSSR count). The van der Waals surface area contributed by atoms with Crippen LogP contribution in [0, 0.1) is 0 Å². The molecule has 35 heavy (non-hydrogen) atoms. The molecular weight excluding hydrogens is 493 g/mol. The van der Waals surface area contributed by atoms with Crippen LogP contribution in [0.15, 0.2) is 91.0 Å². The van der Waals surface area contributed by atoms with E-state index in [0.29, 0.717) is 16.1 Å². The number of aromatic amines is 1. The summed E-state index contributed by atoms with van der Waals surface area (Å²) in [6.07, 6.45) is 0. The summed E-state index contributed by atoms with van der Waals surface area (Å²) in [4.78, 5) is 25.4. The fourth-order valence-electron chi connectivity index (χ4n) is 3.89. The number of imidazole rings is 1. The molecule has 5 nitrogen and oxygen atoms in total. The van der Waals surface area contributed by atoms with Gasteiger partial charge in [-0.15, -0.1) is 0 Å². The van der Waals surface area contributed by atoms with Crippen molar-refractivity contribution in [3.05, 3.63) is 107 Å². The van der Waals surface area contributed by atoms with Gasteiger partial charge in [-0.05, 0) is 41.0 Å². The molecule has 3 N–H and O–H groups in total. The third kappa shape index (κ3) is 4.51. The predicted octanol–water partition coefficient (Wildman–Crippen LogP) is 6.49. The summed E-state index contributed by atoms with van der Waals surface area (Å²) in [6.45, 7) is 0. The van der Waals surface area contributed by atoms with Gasteiger partial charge in [0, 0.05) is 11.1 Å². The van der Waals surface area contributed by atoms with E-state index in [4.69, 9.17) is 11.6 Å². The number of hydrogen-bond acceptors (Lipinski definition) is 2. The van der Waals surface area contributed by atoms with Crippen molar-refractivity contribution in [3.63, 3.8) is 0 Å². The molecule has 0 spiro atoms. The molecule has 0 saturated heterocycles. The van der Waals surface area contributed by atoms with Crippen molar-refractivity contribution in [2.75, 3.05) is 0 Å². The Hall–Kier alpha value is -3.35. The Morgan fingerprint density at radius 3 is 2.17 bits per heavy atom. The normalized spacial score (nSPS) is 12.3. The maximum atomic E-state index is 15.2. The van der Waals surface area contributed by atoms with E-state index in [1.807, 2.05) is 54.6 Å². The molecule has 1 heterocycles. The molecule has 0 radical (unpaired) electrons. The van der Waals surface area contributed by atoms with E-state index < -0.39 is 30.2 Å². The van der Waals surface area contributed by atoms with Crippen LogP contribution in [-0.2, 0) is 10.5 Å². The number of halogens is 3. The Balaban J connectivity index is 1.52. The average molecular weight is 511 g/mol. The number of fused-ring (bicyclic) bond motifs is 1. The van der Waals surface area contributed by atoms with Crippen molar-refractivity contribution in [2.24, 2.45) is 0 Å². The van der Waals surface area contributed by atoms with Gasteiger partial charge >= 0.3 is 13.5 Å². The van der Waals surface area contributed by atoms with Gasteiger partial charge in [0.2, 0.25) is 0 Å². The van der Waals surface area contributed by atoms with Gasteiger partial charge in [-0.3, -0.25) is 4.57 Å². The smallest absolute Gasteiger partial charge is 0.337 e. The van der Waals surface area contributed by atoms with Gasteiger partial charge in [-0.1, -0.05) is 78.3 Å². The van der Waals surface area contributed by atoms with Crippen LogP contribution < -0.4 is 5.30 Å². The third-order valence-electron chi connectivity index (χ3n) is 5.72. The summed E-state index contributed by atoms with van der Waals surface area (Å²) >= 11 is 6.48. The maximum Gasteiger partial charge on any atom is 0.356 e. The average Bonchev–Trinajstić information content (AvgIpc) is 3.27. The topological polar surface area (TPSA) is 86.2 Å². The highest BCUT2D eigenvalue weighted by molar-refractivity contribution is 7.60. The number of nitrogens with one attached hydrogen (secondary N) is 1. The van der Waals surface area contributed by atoms with E-state index in [9.17, 15) is 14.4 Å². The van der Waals surface area contributed by atoms with Gasteiger partial charge in [0.1, 0.15) is 0 Å². The molecule has 0 fully saturated rings. The Kier molecular flexibility index (Phi) is 5.82. The summed E-state index contributed by atoms with van der Waals surface area (Å²) in [6, 6.07) is 25.0. The van der Waals surface area contributed by atoms with Gasteiger partial charge in [-0.2, -0.15) is 8.78 Å². The Labute approximate surface area is 204 Å². The Bertz CT molecular complexity index is 1580. The van der Waals surface area contributed by atoms with Crippen molar-refractivity contribution >= 4 is 35.5 Å². The van der Waals surface area contributed by atoms with Crippen LogP contribution in [-0.4, -0.2) is 19.8 Å². The van der Waals surface area contributed by atoms with Crippen LogP contribution in [0.25, 0.3) is 33.3 Å². The summed E-state index contributed by atoms with van der Waals surface area (Å²) in [5.74, 6) is -4.27. The first-order valence-corrected chi connectivity index (χ1v) is 12.5. The first kappa shape index (κ1) is 23.4. The number of hydrogen-bond donors (Lipinski definition) is 3. The Morgan fingerprint density at radius 2 is 1.49 bits per heavy atom.